The first-order chi connectivity index (χ1) is 18.1. The Morgan fingerprint density at radius 1 is 1.08 bits per heavy atom. The van der Waals surface area contributed by atoms with Crippen molar-refractivity contribution in [1.29, 1.82) is 0 Å². The molecule has 1 saturated heterocycles. The minimum atomic E-state index is -3.92. The Labute approximate surface area is 226 Å². The van der Waals surface area contributed by atoms with Crippen LogP contribution in [0.4, 0.5) is 26.1 Å². The molecule has 3 rings (SSSR count). The summed E-state index contributed by atoms with van der Waals surface area (Å²) in [6.07, 6.45) is -1.68. The lowest BCUT2D eigenvalue weighted by atomic mass is 10.0. The third-order valence-electron chi connectivity index (χ3n) is 5.52. The maximum atomic E-state index is 13.3. The lowest BCUT2D eigenvalue weighted by Crippen LogP contribution is -2.40. The Bertz CT molecular complexity index is 1460. The van der Waals surface area contributed by atoms with E-state index in [2.05, 4.69) is 19.7 Å². The molecule has 2 heterocycles. The average molecular weight is 588 g/mol. The molecule has 1 aliphatic rings. The van der Waals surface area contributed by atoms with Gasteiger partial charge in [0.05, 0.1) is 22.8 Å². The standard InChI is InChI=1S/C24H31F2N5O6S2/c1-24(2,3)30-39(36,37)18-6-4-5-17(15-18)27-23(33)19-7-8-20(29-38(34,35)14-13-32)28-22(19)31-11-9-16(10-12-31)21(25)26/h4-8,15,30,32H,9-14H2,1-3H3,(H,27,33)(H,28,29). The van der Waals surface area contributed by atoms with Gasteiger partial charge in [0.2, 0.25) is 20.0 Å². The summed E-state index contributed by atoms with van der Waals surface area (Å²) < 4.78 is 80.6. The minimum Gasteiger partial charge on any atom is -0.395 e. The highest BCUT2D eigenvalue weighted by atomic mass is 32.2. The van der Waals surface area contributed by atoms with Crippen molar-refractivity contribution in [1.82, 2.24) is 9.71 Å². The van der Waals surface area contributed by atoms with Crippen LogP contribution in [0.15, 0.2) is 52.9 Å². The zero-order chi connectivity index (χ0) is 29.0. The van der Waals surface area contributed by atoms with Gasteiger partial charge >= 0.3 is 0 Å². The summed E-state index contributed by atoms with van der Waals surface area (Å²) in [5, 5.41) is 11.6. The first-order valence-electron chi connectivity index (χ1n) is 12.0. The molecule has 11 nitrogen and oxygen atoms in total. The Hall–Kier alpha value is -3.14. The quantitative estimate of drug-likeness (QED) is 0.349. The third kappa shape index (κ3) is 8.42. The Morgan fingerprint density at radius 3 is 2.33 bits per heavy atom. The van der Waals surface area contributed by atoms with Crippen molar-refractivity contribution in [2.24, 2.45) is 0 Å². The molecule has 1 aromatic carbocycles. The molecule has 214 valence electrons. The average Bonchev–Trinajstić information content (AvgIpc) is 2.82. The monoisotopic (exact) mass is 587 g/mol. The number of carbonyl (C=O) groups excluding carboxylic acids is 1. The van der Waals surface area contributed by atoms with E-state index in [0.29, 0.717) is 0 Å². The number of halogens is 2. The fourth-order valence-electron chi connectivity index (χ4n) is 3.83. The lowest BCUT2D eigenvalue weighted by Gasteiger charge is -2.30. The minimum absolute atomic E-state index is 0.000977. The van der Waals surface area contributed by atoms with Crippen molar-refractivity contribution in [2.45, 2.75) is 44.0 Å². The van der Waals surface area contributed by atoms with Crippen LogP contribution >= 0.6 is 0 Å². The number of benzene rings is 1. The summed E-state index contributed by atoms with van der Waals surface area (Å²) in [6.45, 7) is 4.69. The number of anilines is 3. The van der Waals surface area contributed by atoms with Gasteiger partial charge in [0, 0.05) is 24.3 Å². The fourth-order valence-corrected chi connectivity index (χ4v) is 6.07. The van der Waals surface area contributed by atoms with E-state index in [1.165, 1.54) is 36.4 Å². The van der Waals surface area contributed by atoms with Gasteiger partial charge in [-0.15, -0.1) is 0 Å². The highest BCUT2D eigenvalue weighted by Gasteiger charge is 2.26. The van der Waals surface area contributed by atoms with Gasteiger partial charge < -0.3 is 15.3 Å². The van der Waals surface area contributed by atoms with Crippen LogP contribution in [0.1, 0.15) is 44.0 Å². The van der Waals surface area contributed by atoms with Crippen molar-refractivity contribution >= 4 is 43.3 Å². The van der Waals surface area contributed by atoms with E-state index in [0.717, 1.165) is 0 Å². The van der Waals surface area contributed by atoms with E-state index in [1.807, 2.05) is 0 Å². The molecule has 1 amide bonds. The van der Waals surface area contributed by atoms with Crippen LogP contribution in [0.3, 0.4) is 0 Å². The van der Waals surface area contributed by atoms with Gasteiger partial charge in [-0.3, -0.25) is 9.52 Å². The fraction of sp³-hybridized carbons (Fsp3) is 0.417. The number of hydrogen-bond donors (Lipinski definition) is 4. The molecule has 0 saturated carbocycles. The van der Waals surface area contributed by atoms with Crippen LogP contribution in [0.5, 0.6) is 0 Å². The molecule has 0 radical (unpaired) electrons. The van der Waals surface area contributed by atoms with Gasteiger partial charge in [-0.25, -0.2) is 26.5 Å². The summed E-state index contributed by atoms with van der Waals surface area (Å²) in [5.74, 6) is -1.29. The van der Waals surface area contributed by atoms with E-state index < -0.39 is 49.9 Å². The summed E-state index contributed by atoms with van der Waals surface area (Å²) in [4.78, 5) is 19.1. The molecule has 1 aliphatic heterocycles. The van der Waals surface area contributed by atoms with Gasteiger partial charge in [-0.2, -0.15) is 8.78 Å². The van der Waals surface area contributed by atoms with Crippen molar-refractivity contribution in [3.8, 4) is 0 Å². The first-order valence-corrected chi connectivity index (χ1v) is 15.1. The third-order valence-corrected chi connectivity index (χ3v) is 8.51. The number of sulfonamides is 2. The van der Waals surface area contributed by atoms with E-state index in [4.69, 9.17) is 5.11 Å². The van der Waals surface area contributed by atoms with Crippen LogP contribution in [-0.2, 0) is 20.0 Å². The van der Waals surface area contributed by atoms with Crippen molar-refractivity contribution < 1.29 is 35.5 Å². The van der Waals surface area contributed by atoms with Gasteiger partial charge in [0.25, 0.3) is 12.0 Å². The Morgan fingerprint density at radius 2 is 1.74 bits per heavy atom. The number of aliphatic hydroxyl groups is 1. The molecule has 2 aromatic rings. The Kier molecular flexibility index (Phi) is 9.31. The van der Waals surface area contributed by atoms with E-state index >= 15 is 0 Å². The second kappa shape index (κ2) is 11.9. The highest BCUT2D eigenvalue weighted by molar-refractivity contribution is 7.92. The smallest absolute Gasteiger partial charge is 0.269 e. The Balaban J connectivity index is 1.93. The predicted molar refractivity (Wildman–Crippen MR) is 144 cm³/mol. The molecule has 1 aromatic heterocycles. The van der Waals surface area contributed by atoms with E-state index in [1.54, 1.807) is 25.7 Å². The van der Waals surface area contributed by atoms with Gasteiger partial charge in [0.15, 0.2) is 0 Å². The van der Waals surface area contributed by atoms with Crippen LogP contribution in [0.2, 0.25) is 0 Å². The molecule has 39 heavy (non-hydrogen) atoms. The molecule has 0 spiro atoms. The number of aromatic nitrogens is 1. The summed E-state index contributed by atoms with van der Waals surface area (Å²) >= 11 is 0. The largest absolute Gasteiger partial charge is 0.395 e. The second-order valence-corrected chi connectivity index (χ2v) is 13.4. The molecule has 0 unspecified atom stereocenters. The topological polar surface area (TPSA) is 158 Å². The summed E-state index contributed by atoms with van der Waals surface area (Å²) in [7, 11) is -7.79. The van der Waals surface area contributed by atoms with Gasteiger partial charge in [-0.05, 0) is 69.5 Å². The normalized spacial score (nSPS) is 14.7. The predicted octanol–water partition coefficient (Wildman–Crippen LogP) is 2.90. The second-order valence-electron chi connectivity index (χ2n) is 9.90. The van der Waals surface area contributed by atoms with Crippen molar-refractivity contribution in [3.05, 3.63) is 53.6 Å². The van der Waals surface area contributed by atoms with Crippen molar-refractivity contribution in [3.63, 3.8) is 0 Å². The molecule has 0 aliphatic carbocycles. The number of piperidine rings is 1. The molecular weight excluding hydrogens is 556 g/mol. The number of rotatable bonds is 9. The van der Waals surface area contributed by atoms with E-state index in [9.17, 15) is 30.4 Å². The van der Waals surface area contributed by atoms with Crippen LogP contribution in [0, 0.1) is 0 Å². The SMILES string of the molecule is CC(C)(C)NS(=O)(=O)c1cccc(NC(=O)c2ccc(NS(=O)(=O)CCO)nc2N2CCC(=C(F)F)CC2)c1. The number of aliphatic hydroxyl groups excluding tert-OH is 1. The molecule has 0 bridgehead atoms. The molecular formula is C24H31F2N5O6S2. The van der Waals surface area contributed by atoms with Crippen molar-refractivity contribution in [2.75, 3.05) is 40.4 Å². The summed E-state index contributed by atoms with van der Waals surface area (Å²) in [5.41, 5.74) is -0.527. The van der Waals surface area contributed by atoms with E-state index in [-0.39, 0.29) is 59.3 Å². The van der Waals surface area contributed by atoms with Crippen LogP contribution in [-0.4, -0.2) is 63.8 Å². The number of hydrogen-bond acceptors (Lipinski definition) is 8. The number of amides is 1. The molecule has 15 heteroatoms. The maximum Gasteiger partial charge on any atom is 0.269 e. The number of nitrogens with one attached hydrogen (secondary N) is 3. The van der Waals surface area contributed by atoms with Gasteiger partial charge in [0.1, 0.15) is 11.6 Å². The number of carbonyl (C=O) groups is 1. The van der Waals surface area contributed by atoms with Gasteiger partial charge in [-0.1, -0.05) is 6.07 Å². The molecule has 4 N–H and O–H groups in total. The maximum absolute atomic E-state index is 13.3. The van der Waals surface area contributed by atoms with Crippen LogP contribution in [0.25, 0.3) is 0 Å². The zero-order valence-corrected chi connectivity index (χ0v) is 23.3. The zero-order valence-electron chi connectivity index (χ0n) is 21.7. The first kappa shape index (κ1) is 30.4. The molecule has 0 atom stereocenters. The molecule has 1 fully saturated rings. The lowest BCUT2D eigenvalue weighted by molar-refractivity contribution is 0.102. The highest BCUT2D eigenvalue weighted by Crippen LogP contribution is 2.29. The summed E-state index contributed by atoms with van der Waals surface area (Å²) in [6, 6.07) is 8.23. The number of pyridine rings is 1. The van der Waals surface area contributed by atoms with Crippen LogP contribution < -0.4 is 19.7 Å². The number of nitrogens with zero attached hydrogens (tertiary/aromatic N) is 2.